The molecule has 0 saturated heterocycles. The van der Waals surface area contributed by atoms with Crippen molar-refractivity contribution in [2.75, 3.05) is 0 Å². The van der Waals surface area contributed by atoms with E-state index in [9.17, 15) is 5.11 Å². The van der Waals surface area contributed by atoms with Gasteiger partial charge in [-0.25, -0.2) is 0 Å². The maximum absolute atomic E-state index is 9.35. The minimum Gasteiger partial charge on any atom is -0.456 e. The molecule has 0 aliphatic heterocycles. The highest BCUT2D eigenvalue weighted by Gasteiger charge is 2.04. The minimum atomic E-state index is -0.572. The molecule has 0 aliphatic rings. The summed E-state index contributed by atoms with van der Waals surface area (Å²) in [6.07, 6.45) is 1.02. The monoisotopic (exact) mass is 263 g/mol. The van der Waals surface area contributed by atoms with E-state index < -0.39 is 6.10 Å². The fourth-order valence-corrected chi connectivity index (χ4v) is 1.63. The van der Waals surface area contributed by atoms with Crippen molar-refractivity contribution < 1.29 is 9.84 Å². The van der Waals surface area contributed by atoms with Gasteiger partial charge in [-0.05, 0) is 49.7 Å². The predicted molar refractivity (Wildman–Crippen MR) is 71.1 cm³/mol. The number of aromatic nitrogens is 1. The van der Waals surface area contributed by atoms with E-state index in [0.717, 1.165) is 5.56 Å². The van der Waals surface area contributed by atoms with E-state index in [1.807, 2.05) is 13.0 Å². The Kier molecular flexibility index (Phi) is 3.84. The van der Waals surface area contributed by atoms with Gasteiger partial charge in [0.15, 0.2) is 0 Å². The summed E-state index contributed by atoms with van der Waals surface area (Å²) in [5.41, 5.74) is 1.58. The fraction of sp³-hybridized carbons (Fsp3) is 0.214. The van der Waals surface area contributed by atoms with Crippen LogP contribution in [0.2, 0.25) is 5.02 Å². The Labute approximate surface area is 111 Å². The van der Waals surface area contributed by atoms with Crippen LogP contribution < -0.4 is 4.74 Å². The summed E-state index contributed by atoms with van der Waals surface area (Å²) in [7, 11) is 0. The standard InChI is InChI=1S/C14H14ClNO2/c1-9-7-11(3-5-13(9)15)18-12-4-6-14(10(2)17)16-8-12/h3-8,10,17H,1-2H3. The van der Waals surface area contributed by atoms with Crippen LogP contribution in [0.25, 0.3) is 0 Å². The molecular weight excluding hydrogens is 250 g/mol. The van der Waals surface area contributed by atoms with Gasteiger partial charge in [-0.15, -0.1) is 0 Å². The number of rotatable bonds is 3. The van der Waals surface area contributed by atoms with Gasteiger partial charge in [-0.2, -0.15) is 0 Å². The number of nitrogens with zero attached hydrogens (tertiary/aromatic N) is 1. The average Bonchev–Trinajstić information content (AvgIpc) is 2.34. The summed E-state index contributed by atoms with van der Waals surface area (Å²) in [6.45, 7) is 3.59. The van der Waals surface area contributed by atoms with E-state index in [0.29, 0.717) is 22.2 Å². The zero-order chi connectivity index (χ0) is 13.1. The first-order valence-electron chi connectivity index (χ1n) is 5.64. The number of aryl methyl sites for hydroxylation is 1. The topological polar surface area (TPSA) is 42.4 Å². The molecule has 1 heterocycles. The van der Waals surface area contributed by atoms with Crippen LogP contribution >= 0.6 is 11.6 Å². The molecule has 0 fully saturated rings. The fourth-order valence-electron chi connectivity index (χ4n) is 1.52. The van der Waals surface area contributed by atoms with E-state index in [2.05, 4.69) is 4.98 Å². The molecule has 1 N–H and O–H groups in total. The van der Waals surface area contributed by atoms with Crippen molar-refractivity contribution in [3.63, 3.8) is 0 Å². The van der Waals surface area contributed by atoms with Crippen molar-refractivity contribution in [2.45, 2.75) is 20.0 Å². The van der Waals surface area contributed by atoms with Crippen molar-refractivity contribution >= 4 is 11.6 Å². The molecular formula is C14H14ClNO2. The Morgan fingerprint density at radius 3 is 2.50 bits per heavy atom. The normalized spacial score (nSPS) is 12.2. The Morgan fingerprint density at radius 1 is 1.22 bits per heavy atom. The van der Waals surface area contributed by atoms with Gasteiger partial charge in [0.05, 0.1) is 18.0 Å². The quantitative estimate of drug-likeness (QED) is 0.914. The molecule has 1 unspecified atom stereocenters. The van der Waals surface area contributed by atoms with Crippen LogP contribution in [0.3, 0.4) is 0 Å². The highest BCUT2D eigenvalue weighted by atomic mass is 35.5. The van der Waals surface area contributed by atoms with Crippen LogP contribution in [-0.2, 0) is 0 Å². The lowest BCUT2D eigenvalue weighted by Gasteiger charge is -2.08. The van der Waals surface area contributed by atoms with Crippen LogP contribution in [0.5, 0.6) is 11.5 Å². The molecule has 3 nitrogen and oxygen atoms in total. The molecule has 0 bridgehead atoms. The van der Waals surface area contributed by atoms with E-state index >= 15 is 0 Å². The van der Waals surface area contributed by atoms with Gasteiger partial charge in [0.2, 0.25) is 0 Å². The Balaban J connectivity index is 2.15. The van der Waals surface area contributed by atoms with E-state index in [-0.39, 0.29) is 0 Å². The molecule has 0 spiro atoms. The molecule has 94 valence electrons. The second-order valence-corrected chi connectivity index (χ2v) is 4.51. The van der Waals surface area contributed by atoms with Crippen molar-refractivity contribution in [1.82, 2.24) is 4.98 Å². The number of aliphatic hydroxyl groups excluding tert-OH is 1. The van der Waals surface area contributed by atoms with Crippen LogP contribution in [-0.4, -0.2) is 10.1 Å². The summed E-state index contributed by atoms with van der Waals surface area (Å²) in [4.78, 5) is 4.11. The number of pyridine rings is 1. The average molecular weight is 264 g/mol. The Morgan fingerprint density at radius 2 is 1.94 bits per heavy atom. The van der Waals surface area contributed by atoms with Crippen LogP contribution in [0.4, 0.5) is 0 Å². The Bertz CT molecular complexity index is 538. The zero-order valence-electron chi connectivity index (χ0n) is 10.2. The van der Waals surface area contributed by atoms with Crippen molar-refractivity contribution in [3.05, 3.63) is 52.8 Å². The van der Waals surface area contributed by atoms with Gasteiger partial charge in [0.25, 0.3) is 0 Å². The summed E-state index contributed by atoms with van der Waals surface area (Å²) < 4.78 is 5.65. The van der Waals surface area contributed by atoms with Gasteiger partial charge < -0.3 is 9.84 Å². The van der Waals surface area contributed by atoms with Gasteiger partial charge in [-0.1, -0.05) is 11.6 Å². The number of hydrogen-bond acceptors (Lipinski definition) is 3. The maximum atomic E-state index is 9.35. The van der Waals surface area contributed by atoms with E-state index in [4.69, 9.17) is 16.3 Å². The van der Waals surface area contributed by atoms with Gasteiger partial charge in [-0.3, -0.25) is 4.98 Å². The number of halogens is 1. The number of aliphatic hydroxyl groups is 1. The van der Waals surface area contributed by atoms with Crippen molar-refractivity contribution in [1.29, 1.82) is 0 Å². The first-order chi connectivity index (χ1) is 8.56. The summed E-state index contributed by atoms with van der Waals surface area (Å²) in [6, 6.07) is 8.98. The highest BCUT2D eigenvalue weighted by molar-refractivity contribution is 6.31. The largest absolute Gasteiger partial charge is 0.456 e. The predicted octanol–water partition coefficient (Wildman–Crippen LogP) is 3.89. The first kappa shape index (κ1) is 12.9. The molecule has 0 radical (unpaired) electrons. The lowest BCUT2D eigenvalue weighted by Crippen LogP contribution is -1.95. The molecule has 1 aromatic carbocycles. The number of ether oxygens (including phenoxy) is 1. The number of hydrogen-bond donors (Lipinski definition) is 1. The molecule has 4 heteroatoms. The zero-order valence-corrected chi connectivity index (χ0v) is 11.0. The lowest BCUT2D eigenvalue weighted by atomic mass is 10.2. The van der Waals surface area contributed by atoms with Crippen LogP contribution in [0.1, 0.15) is 24.3 Å². The van der Waals surface area contributed by atoms with Crippen LogP contribution in [0, 0.1) is 6.92 Å². The second-order valence-electron chi connectivity index (χ2n) is 4.11. The third kappa shape index (κ3) is 3.00. The minimum absolute atomic E-state index is 0.572. The summed E-state index contributed by atoms with van der Waals surface area (Å²) in [5.74, 6) is 1.34. The molecule has 0 amide bonds. The van der Waals surface area contributed by atoms with Crippen LogP contribution in [0.15, 0.2) is 36.5 Å². The van der Waals surface area contributed by atoms with Gasteiger partial charge in [0.1, 0.15) is 11.5 Å². The summed E-state index contributed by atoms with van der Waals surface area (Å²) in [5, 5.41) is 10.1. The van der Waals surface area contributed by atoms with Crippen molar-refractivity contribution in [3.8, 4) is 11.5 Å². The first-order valence-corrected chi connectivity index (χ1v) is 6.02. The lowest BCUT2D eigenvalue weighted by molar-refractivity contribution is 0.194. The van der Waals surface area contributed by atoms with E-state index in [1.165, 1.54) is 0 Å². The van der Waals surface area contributed by atoms with Crippen molar-refractivity contribution in [2.24, 2.45) is 0 Å². The molecule has 1 aromatic heterocycles. The number of benzene rings is 1. The molecule has 2 aromatic rings. The molecule has 2 rings (SSSR count). The SMILES string of the molecule is Cc1cc(Oc2ccc(C(C)O)nc2)ccc1Cl. The smallest absolute Gasteiger partial charge is 0.145 e. The summed E-state index contributed by atoms with van der Waals surface area (Å²) >= 11 is 5.94. The van der Waals surface area contributed by atoms with Gasteiger partial charge >= 0.3 is 0 Å². The maximum Gasteiger partial charge on any atom is 0.145 e. The third-order valence-electron chi connectivity index (χ3n) is 2.55. The van der Waals surface area contributed by atoms with Gasteiger partial charge in [0, 0.05) is 5.02 Å². The third-order valence-corrected chi connectivity index (χ3v) is 2.98. The molecule has 1 atom stereocenters. The second kappa shape index (κ2) is 5.38. The molecule has 0 aliphatic carbocycles. The highest BCUT2D eigenvalue weighted by Crippen LogP contribution is 2.25. The van der Waals surface area contributed by atoms with E-state index in [1.54, 1.807) is 37.4 Å². The Hall–Kier alpha value is -1.58. The molecule has 18 heavy (non-hydrogen) atoms. The molecule has 0 saturated carbocycles.